The van der Waals surface area contributed by atoms with Gasteiger partial charge in [-0.25, -0.2) is 4.79 Å². The third kappa shape index (κ3) is 5.04. The molecule has 0 aromatic heterocycles. The lowest BCUT2D eigenvalue weighted by Crippen LogP contribution is -2.42. The molecule has 3 N–H and O–H groups in total. The number of carbonyl (C=O) groups is 3. The number of nitrogens with one attached hydrogen (secondary N) is 2. The maximum absolute atomic E-state index is 12.8. The van der Waals surface area contributed by atoms with Crippen LogP contribution in [0.1, 0.15) is 49.1 Å². The molecule has 3 aliphatic carbocycles. The third-order valence-corrected chi connectivity index (χ3v) is 7.88. The van der Waals surface area contributed by atoms with Gasteiger partial charge in [-0.2, -0.15) is 0 Å². The molecule has 0 heterocycles. The standard InChI is InChI=1S/C28H32N2O5/c31-26(29-15-18-13-24(18)27(32)33)19-8-2-1-7-17(19)14-30-28(34)35-16-25-22-11-5-3-9-20(22)21-10-4-6-12-23(21)25/h3-6,9-12,17-19,24-25H,1-2,7-8,13-16H2,(H,29,31)(H,30,34)(H,32,33)/t17?,18-,19?,24-/m0/s1. The van der Waals surface area contributed by atoms with E-state index in [-0.39, 0.29) is 42.1 Å². The molecule has 0 spiro atoms. The molecule has 5 rings (SSSR count). The molecule has 3 aliphatic rings. The first-order valence-electron chi connectivity index (χ1n) is 12.6. The van der Waals surface area contributed by atoms with Crippen LogP contribution in [0.3, 0.4) is 0 Å². The molecule has 0 bridgehead atoms. The van der Waals surface area contributed by atoms with Crippen molar-refractivity contribution in [3.05, 3.63) is 59.7 Å². The van der Waals surface area contributed by atoms with E-state index in [0.717, 1.165) is 25.7 Å². The highest BCUT2D eigenvalue weighted by molar-refractivity contribution is 5.80. The Hall–Kier alpha value is -3.35. The van der Waals surface area contributed by atoms with Crippen LogP contribution in [0.25, 0.3) is 11.1 Å². The lowest BCUT2D eigenvalue weighted by atomic mass is 9.78. The summed E-state index contributed by atoms with van der Waals surface area (Å²) in [6.45, 7) is 1.08. The molecule has 184 valence electrons. The van der Waals surface area contributed by atoms with Gasteiger partial charge in [0.15, 0.2) is 0 Å². The average molecular weight is 477 g/mol. The maximum Gasteiger partial charge on any atom is 0.407 e. The van der Waals surface area contributed by atoms with Gasteiger partial charge in [-0.1, -0.05) is 61.4 Å². The lowest BCUT2D eigenvalue weighted by molar-refractivity contribution is -0.139. The summed E-state index contributed by atoms with van der Waals surface area (Å²) in [6.07, 6.45) is 3.86. The molecule has 2 unspecified atom stereocenters. The molecule has 7 heteroatoms. The number of alkyl carbamates (subject to hydrolysis) is 1. The largest absolute Gasteiger partial charge is 0.481 e. The minimum absolute atomic E-state index is 0.0124. The summed E-state index contributed by atoms with van der Waals surface area (Å²) in [5.41, 5.74) is 4.72. The van der Waals surface area contributed by atoms with E-state index >= 15 is 0 Å². The number of fused-ring (bicyclic) bond motifs is 3. The SMILES string of the molecule is O=C(NCC1CCCCC1C(=O)NC[C@@H]1C[C@@H]1C(=O)O)OCC1c2ccccc2-c2ccccc21. The highest BCUT2D eigenvalue weighted by Crippen LogP contribution is 2.44. The summed E-state index contributed by atoms with van der Waals surface area (Å²) >= 11 is 0. The number of amides is 2. The number of benzene rings is 2. The Labute approximate surface area is 205 Å². The van der Waals surface area contributed by atoms with Crippen molar-refractivity contribution in [1.82, 2.24) is 10.6 Å². The summed E-state index contributed by atoms with van der Waals surface area (Å²) in [5.74, 6) is -1.20. The van der Waals surface area contributed by atoms with Gasteiger partial charge in [-0.15, -0.1) is 0 Å². The molecule has 35 heavy (non-hydrogen) atoms. The van der Waals surface area contributed by atoms with Crippen molar-refractivity contribution in [2.45, 2.75) is 38.0 Å². The van der Waals surface area contributed by atoms with Gasteiger partial charge in [0, 0.05) is 24.9 Å². The first kappa shape index (κ1) is 23.4. The molecule has 2 amide bonds. The van der Waals surface area contributed by atoms with Gasteiger partial charge in [-0.05, 0) is 53.4 Å². The van der Waals surface area contributed by atoms with E-state index in [1.165, 1.54) is 22.3 Å². The van der Waals surface area contributed by atoms with Crippen molar-refractivity contribution in [3.8, 4) is 11.1 Å². The van der Waals surface area contributed by atoms with E-state index < -0.39 is 12.1 Å². The van der Waals surface area contributed by atoms with Crippen molar-refractivity contribution >= 4 is 18.0 Å². The number of rotatable bonds is 8. The van der Waals surface area contributed by atoms with Gasteiger partial charge in [0.1, 0.15) is 6.61 Å². The van der Waals surface area contributed by atoms with Crippen LogP contribution in [-0.2, 0) is 14.3 Å². The van der Waals surface area contributed by atoms with E-state index in [9.17, 15) is 14.4 Å². The summed E-state index contributed by atoms with van der Waals surface area (Å²) in [5, 5.41) is 14.9. The number of aliphatic carboxylic acids is 1. The maximum atomic E-state index is 12.8. The van der Waals surface area contributed by atoms with E-state index in [1.54, 1.807) is 0 Å². The Morgan fingerprint density at radius 2 is 1.46 bits per heavy atom. The fourth-order valence-corrected chi connectivity index (χ4v) is 5.80. The average Bonchev–Trinajstić information content (AvgIpc) is 3.60. The highest BCUT2D eigenvalue weighted by Gasteiger charge is 2.43. The van der Waals surface area contributed by atoms with Gasteiger partial charge in [0.2, 0.25) is 5.91 Å². The first-order valence-corrected chi connectivity index (χ1v) is 12.6. The van der Waals surface area contributed by atoms with E-state index in [4.69, 9.17) is 9.84 Å². The minimum Gasteiger partial charge on any atom is -0.481 e. The Bertz CT molecular complexity index is 1070. The van der Waals surface area contributed by atoms with Crippen LogP contribution in [0.5, 0.6) is 0 Å². The van der Waals surface area contributed by atoms with Crippen molar-refractivity contribution in [2.24, 2.45) is 23.7 Å². The summed E-state index contributed by atoms with van der Waals surface area (Å²) in [6, 6.07) is 16.5. The number of hydrogen-bond donors (Lipinski definition) is 3. The molecular weight excluding hydrogens is 444 g/mol. The predicted octanol–water partition coefficient (Wildman–Crippen LogP) is 4.17. The van der Waals surface area contributed by atoms with Crippen LogP contribution in [0.2, 0.25) is 0 Å². The fourth-order valence-electron chi connectivity index (χ4n) is 5.80. The van der Waals surface area contributed by atoms with Gasteiger partial charge >= 0.3 is 12.1 Å². The molecule has 0 radical (unpaired) electrons. The number of hydrogen-bond acceptors (Lipinski definition) is 4. The van der Waals surface area contributed by atoms with Gasteiger partial charge in [0.05, 0.1) is 5.92 Å². The molecule has 4 atom stereocenters. The molecule has 2 saturated carbocycles. The van der Waals surface area contributed by atoms with Crippen molar-refractivity contribution in [2.75, 3.05) is 19.7 Å². The zero-order chi connectivity index (χ0) is 24.4. The summed E-state index contributed by atoms with van der Waals surface area (Å²) in [7, 11) is 0. The van der Waals surface area contributed by atoms with Gasteiger partial charge < -0.3 is 20.5 Å². The van der Waals surface area contributed by atoms with Gasteiger partial charge in [0.25, 0.3) is 0 Å². The molecule has 2 aromatic rings. The zero-order valence-corrected chi connectivity index (χ0v) is 19.7. The van der Waals surface area contributed by atoms with Crippen LogP contribution < -0.4 is 10.6 Å². The Kier molecular flexibility index (Phi) is 6.75. The molecule has 7 nitrogen and oxygen atoms in total. The van der Waals surface area contributed by atoms with Crippen LogP contribution in [0, 0.1) is 23.7 Å². The van der Waals surface area contributed by atoms with Crippen molar-refractivity contribution in [1.29, 1.82) is 0 Å². The zero-order valence-electron chi connectivity index (χ0n) is 19.7. The number of carboxylic acid groups (broad SMARTS) is 1. The first-order chi connectivity index (χ1) is 17.0. The van der Waals surface area contributed by atoms with Crippen LogP contribution >= 0.6 is 0 Å². The number of carboxylic acids is 1. The Morgan fingerprint density at radius 3 is 2.11 bits per heavy atom. The lowest BCUT2D eigenvalue weighted by Gasteiger charge is -2.30. The van der Waals surface area contributed by atoms with Crippen LogP contribution in [0.15, 0.2) is 48.5 Å². The normalized spacial score (nSPS) is 24.7. The molecular formula is C28H32N2O5. The number of carbonyl (C=O) groups excluding carboxylic acids is 2. The topological polar surface area (TPSA) is 105 Å². The fraction of sp³-hybridized carbons (Fsp3) is 0.464. The second-order valence-corrected chi connectivity index (χ2v) is 10.0. The smallest absolute Gasteiger partial charge is 0.407 e. The molecule has 0 saturated heterocycles. The summed E-state index contributed by atoms with van der Waals surface area (Å²) < 4.78 is 5.64. The Balaban J connectivity index is 1.12. The van der Waals surface area contributed by atoms with Crippen molar-refractivity contribution < 1.29 is 24.2 Å². The summed E-state index contributed by atoms with van der Waals surface area (Å²) in [4.78, 5) is 36.4. The van der Waals surface area contributed by atoms with E-state index in [2.05, 4.69) is 34.9 Å². The highest BCUT2D eigenvalue weighted by atomic mass is 16.5. The molecule has 0 aliphatic heterocycles. The molecule has 2 fully saturated rings. The van der Waals surface area contributed by atoms with Crippen LogP contribution in [-0.4, -0.2) is 42.8 Å². The van der Waals surface area contributed by atoms with Gasteiger partial charge in [-0.3, -0.25) is 9.59 Å². The monoisotopic (exact) mass is 476 g/mol. The van der Waals surface area contributed by atoms with E-state index in [1.807, 2.05) is 24.3 Å². The predicted molar refractivity (Wildman–Crippen MR) is 131 cm³/mol. The quantitative estimate of drug-likeness (QED) is 0.531. The van der Waals surface area contributed by atoms with E-state index in [0.29, 0.717) is 19.5 Å². The second kappa shape index (κ2) is 10.1. The second-order valence-electron chi connectivity index (χ2n) is 10.0. The van der Waals surface area contributed by atoms with Crippen LogP contribution in [0.4, 0.5) is 4.79 Å². The Morgan fingerprint density at radius 1 is 0.829 bits per heavy atom. The minimum atomic E-state index is -0.785. The number of ether oxygens (including phenoxy) is 1. The third-order valence-electron chi connectivity index (χ3n) is 7.88. The van der Waals surface area contributed by atoms with Crippen molar-refractivity contribution in [3.63, 3.8) is 0 Å². The molecule has 2 aromatic carbocycles.